The summed E-state index contributed by atoms with van der Waals surface area (Å²) in [7, 11) is 4.64. The average Bonchev–Trinajstić information content (AvgIpc) is 2.64. The van der Waals surface area contributed by atoms with Crippen LogP contribution in [0.25, 0.3) is 0 Å². The number of nitrogens with one attached hydrogen (secondary N) is 1. The van der Waals surface area contributed by atoms with Crippen LogP contribution < -0.4 is 24.4 Å². The Morgan fingerprint density at radius 1 is 1.16 bits per heavy atom. The quantitative estimate of drug-likeness (QED) is 0.923. The van der Waals surface area contributed by atoms with Gasteiger partial charge in [-0.25, -0.2) is 0 Å². The topological polar surface area (TPSA) is 77.1 Å². The van der Waals surface area contributed by atoms with Gasteiger partial charge >= 0.3 is 0 Å². The Labute approximate surface area is 145 Å². The highest BCUT2D eigenvalue weighted by Crippen LogP contribution is 2.34. The van der Waals surface area contributed by atoms with Crippen LogP contribution in [0.2, 0.25) is 0 Å². The van der Waals surface area contributed by atoms with E-state index in [9.17, 15) is 9.59 Å². The number of fused-ring (bicyclic) bond motifs is 1. The number of ether oxygens (including phenoxy) is 3. The molecule has 130 valence electrons. The third-order valence-electron chi connectivity index (χ3n) is 3.96. The summed E-state index contributed by atoms with van der Waals surface area (Å²) in [6, 6.07) is 10.2. The second kappa shape index (κ2) is 6.72. The van der Waals surface area contributed by atoms with E-state index in [1.165, 1.54) is 19.1 Å². The zero-order valence-electron chi connectivity index (χ0n) is 14.2. The van der Waals surface area contributed by atoms with Gasteiger partial charge in [-0.05, 0) is 30.3 Å². The summed E-state index contributed by atoms with van der Waals surface area (Å²) in [5.74, 6) is 0.883. The number of methoxy groups -OCH3 is 2. The van der Waals surface area contributed by atoms with Crippen LogP contribution in [0.5, 0.6) is 17.2 Å². The molecule has 1 aliphatic rings. The minimum atomic E-state index is -0.375. The van der Waals surface area contributed by atoms with Crippen molar-refractivity contribution in [2.75, 3.05) is 38.1 Å². The number of carbonyl (C=O) groups is 2. The van der Waals surface area contributed by atoms with E-state index >= 15 is 0 Å². The average molecular weight is 342 g/mol. The van der Waals surface area contributed by atoms with Crippen molar-refractivity contribution in [3.63, 3.8) is 0 Å². The summed E-state index contributed by atoms with van der Waals surface area (Å²) in [5, 5.41) is 2.80. The number of anilines is 2. The van der Waals surface area contributed by atoms with Crippen LogP contribution in [-0.4, -0.2) is 39.7 Å². The smallest absolute Gasteiger partial charge is 0.264 e. The molecule has 25 heavy (non-hydrogen) atoms. The monoisotopic (exact) mass is 342 g/mol. The van der Waals surface area contributed by atoms with E-state index < -0.39 is 0 Å². The van der Waals surface area contributed by atoms with E-state index in [2.05, 4.69) is 5.32 Å². The van der Waals surface area contributed by atoms with Gasteiger partial charge in [-0.1, -0.05) is 6.07 Å². The van der Waals surface area contributed by atoms with Crippen LogP contribution in [0.4, 0.5) is 11.4 Å². The molecule has 1 heterocycles. The van der Waals surface area contributed by atoms with E-state index in [-0.39, 0.29) is 18.4 Å². The van der Waals surface area contributed by atoms with Crippen LogP contribution in [0.3, 0.4) is 0 Å². The summed E-state index contributed by atoms with van der Waals surface area (Å²) in [6.07, 6.45) is 0. The fraction of sp³-hybridized carbons (Fsp3) is 0.222. The van der Waals surface area contributed by atoms with Gasteiger partial charge in [-0.3, -0.25) is 9.59 Å². The first-order valence-corrected chi connectivity index (χ1v) is 7.61. The van der Waals surface area contributed by atoms with E-state index in [0.29, 0.717) is 34.2 Å². The second-order valence-electron chi connectivity index (χ2n) is 5.42. The van der Waals surface area contributed by atoms with Crippen molar-refractivity contribution >= 4 is 23.2 Å². The maximum atomic E-state index is 12.7. The van der Waals surface area contributed by atoms with Crippen molar-refractivity contribution in [2.24, 2.45) is 0 Å². The number of nitrogens with zero attached hydrogens (tertiary/aromatic N) is 1. The molecule has 0 saturated carbocycles. The lowest BCUT2D eigenvalue weighted by molar-refractivity contribution is -0.120. The Morgan fingerprint density at radius 3 is 2.48 bits per heavy atom. The zero-order valence-corrected chi connectivity index (χ0v) is 14.2. The lowest BCUT2D eigenvalue weighted by Crippen LogP contribution is -2.35. The molecule has 3 rings (SSSR count). The Balaban J connectivity index is 1.91. The maximum absolute atomic E-state index is 12.7. The number of benzene rings is 2. The minimum Gasteiger partial charge on any atom is -0.496 e. The van der Waals surface area contributed by atoms with Gasteiger partial charge in [0.05, 0.1) is 19.9 Å². The number of hydrogen-bond donors (Lipinski definition) is 1. The Bertz CT molecular complexity index is 812. The molecule has 0 unspecified atom stereocenters. The van der Waals surface area contributed by atoms with Crippen molar-refractivity contribution in [3.05, 3.63) is 42.0 Å². The van der Waals surface area contributed by atoms with Gasteiger partial charge in [-0.2, -0.15) is 0 Å². The molecule has 0 aromatic heterocycles. The summed E-state index contributed by atoms with van der Waals surface area (Å²) >= 11 is 0. The molecule has 0 spiro atoms. The summed E-state index contributed by atoms with van der Waals surface area (Å²) < 4.78 is 15.9. The van der Waals surface area contributed by atoms with Crippen molar-refractivity contribution < 1.29 is 23.8 Å². The molecule has 0 bridgehead atoms. The lowest BCUT2D eigenvalue weighted by atomic mass is 10.1. The van der Waals surface area contributed by atoms with Crippen LogP contribution in [0.15, 0.2) is 36.4 Å². The summed E-state index contributed by atoms with van der Waals surface area (Å²) in [4.78, 5) is 26.0. The predicted molar refractivity (Wildman–Crippen MR) is 92.8 cm³/mol. The molecular formula is C18H18N2O5. The third-order valence-corrected chi connectivity index (χ3v) is 3.96. The number of amides is 2. The highest BCUT2D eigenvalue weighted by atomic mass is 16.5. The van der Waals surface area contributed by atoms with Gasteiger partial charge in [-0.15, -0.1) is 0 Å². The van der Waals surface area contributed by atoms with Crippen molar-refractivity contribution in [1.29, 1.82) is 0 Å². The maximum Gasteiger partial charge on any atom is 0.264 e. The molecular weight excluding hydrogens is 324 g/mol. The summed E-state index contributed by atoms with van der Waals surface area (Å²) in [6.45, 7) is 0.00756. The molecule has 7 heteroatoms. The molecule has 1 aliphatic heterocycles. The van der Waals surface area contributed by atoms with Crippen molar-refractivity contribution in [1.82, 2.24) is 0 Å². The van der Waals surface area contributed by atoms with Gasteiger partial charge in [0, 0.05) is 12.7 Å². The summed E-state index contributed by atoms with van der Waals surface area (Å²) in [5.41, 5.74) is 1.42. The van der Waals surface area contributed by atoms with Crippen LogP contribution in [0, 0.1) is 0 Å². The fourth-order valence-corrected chi connectivity index (χ4v) is 2.62. The van der Waals surface area contributed by atoms with Crippen LogP contribution in [0.1, 0.15) is 10.4 Å². The molecule has 2 aromatic carbocycles. The van der Waals surface area contributed by atoms with Gasteiger partial charge < -0.3 is 24.4 Å². The normalized spacial score (nSPS) is 12.9. The molecule has 0 fully saturated rings. The first-order chi connectivity index (χ1) is 12.0. The standard InChI is InChI=1S/C18H18N2O5/c1-20-12-9-11(7-8-13(12)25-10-16(20)21)19-18(22)17-14(23-2)5-4-6-15(17)24-3/h4-9H,10H2,1-3H3,(H,19,22). The number of hydrogen-bond acceptors (Lipinski definition) is 5. The van der Waals surface area contributed by atoms with Gasteiger partial charge in [0.25, 0.3) is 11.8 Å². The second-order valence-corrected chi connectivity index (χ2v) is 5.42. The van der Waals surface area contributed by atoms with Crippen LogP contribution in [-0.2, 0) is 4.79 Å². The molecule has 0 aliphatic carbocycles. The molecule has 0 atom stereocenters. The Kier molecular flexibility index (Phi) is 4.47. The van der Waals surface area contributed by atoms with Crippen molar-refractivity contribution in [3.8, 4) is 17.2 Å². The highest BCUT2D eigenvalue weighted by Gasteiger charge is 2.23. The predicted octanol–water partition coefficient (Wildman–Crippen LogP) is 2.31. The molecule has 0 saturated heterocycles. The van der Waals surface area contributed by atoms with Crippen LogP contribution >= 0.6 is 0 Å². The molecule has 2 amide bonds. The first kappa shape index (κ1) is 16.6. The first-order valence-electron chi connectivity index (χ1n) is 7.61. The number of carbonyl (C=O) groups excluding carboxylic acids is 2. The number of rotatable bonds is 4. The SMILES string of the molecule is COc1cccc(OC)c1C(=O)Nc1ccc2c(c1)N(C)C(=O)CO2. The van der Waals surface area contributed by atoms with Gasteiger partial charge in [0.2, 0.25) is 0 Å². The third kappa shape index (κ3) is 3.08. The van der Waals surface area contributed by atoms with E-state index in [1.807, 2.05) is 0 Å². The van der Waals surface area contributed by atoms with E-state index in [1.54, 1.807) is 43.4 Å². The molecule has 7 nitrogen and oxygen atoms in total. The molecule has 1 N–H and O–H groups in total. The zero-order chi connectivity index (χ0) is 18.0. The van der Waals surface area contributed by atoms with Gasteiger partial charge in [0.1, 0.15) is 22.8 Å². The lowest BCUT2D eigenvalue weighted by Gasteiger charge is -2.26. The van der Waals surface area contributed by atoms with E-state index in [4.69, 9.17) is 14.2 Å². The highest BCUT2D eigenvalue weighted by molar-refractivity contribution is 6.09. The van der Waals surface area contributed by atoms with E-state index in [0.717, 1.165) is 0 Å². The van der Waals surface area contributed by atoms with Gasteiger partial charge in [0.15, 0.2) is 6.61 Å². The number of likely N-dealkylation sites (N-methyl/N-ethyl adjacent to an activating group) is 1. The molecule has 0 radical (unpaired) electrons. The Morgan fingerprint density at radius 2 is 1.84 bits per heavy atom. The largest absolute Gasteiger partial charge is 0.496 e. The Hall–Kier alpha value is -3.22. The minimum absolute atomic E-state index is 0.00756. The molecule has 2 aromatic rings. The fourth-order valence-electron chi connectivity index (χ4n) is 2.62. The van der Waals surface area contributed by atoms with Crippen molar-refractivity contribution in [2.45, 2.75) is 0 Å².